The fourth-order valence-corrected chi connectivity index (χ4v) is 3.20. The number of hydrogen-bond donors (Lipinski definition) is 0. The highest BCUT2D eigenvalue weighted by Crippen LogP contribution is 2.32. The Bertz CT molecular complexity index is 685. The molecule has 0 aromatic heterocycles. The van der Waals surface area contributed by atoms with Crippen LogP contribution < -0.4 is 5.01 Å². The molecule has 3 rings (SSSR count). The van der Waals surface area contributed by atoms with Gasteiger partial charge in [0.05, 0.1) is 11.4 Å². The Hall–Kier alpha value is -1.78. The van der Waals surface area contributed by atoms with Crippen molar-refractivity contribution in [2.75, 3.05) is 5.01 Å². The highest BCUT2D eigenvalue weighted by Gasteiger charge is 2.35. The number of benzene rings is 2. The number of thioether (sulfide) groups is 1. The molecule has 0 aliphatic carbocycles. The lowest BCUT2D eigenvalue weighted by molar-refractivity contribution is -0.116. The van der Waals surface area contributed by atoms with Crippen LogP contribution in [0.25, 0.3) is 0 Å². The molecule has 0 radical (unpaired) electrons. The third-order valence-corrected chi connectivity index (χ3v) is 4.71. The van der Waals surface area contributed by atoms with Crippen LogP contribution in [0, 0.1) is 0 Å². The third-order valence-electron chi connectivity index (χ3n) is 3.14. The average molecular weight is 317 g/mol. The van der Waals surface area contributed by atoms with Gasteiger partial charge in [0.2, 0.25) is 0 Å². The molecule has 21 heavy (non-hydrogen) atoms. The van der Waals surface area contributed by atoms with Crippen LogP contribution in [0.4, 0.5) is 5.69 Å². The van der Waals surface area contributed by atoms with Crippen LogP contribution in [0.1, 0.15) is 6.92 Å². The maximum absolute atomic E-state index is 12.6. The Morgan fingerprint density at radius 2 is 1.76 bits per heavy atom. The van der Waals surface area contributed by atoms with Crippen molar-refractivity contribution >= 4 is 40.7 Å². The number of anilines is 1. The highest BCUT2D eigenvalue weighted by atomic mass is 35.5. The predicted octanol–water partition coefficient (Wildman–Crippen LogP) is 4.22. The van der Waals surface area contributed by atoms with Gasteiger partial charge in [-0.25, -0.2) is 0 Å². The number of para-hydroxylation sites is 1. The van der Waals surface area contributed by atoms with Crippen LogP contribution in [-0.2, 0) is 4.79 Å². The second kappa shape index (κ2) is 5.92. The molecule has 2 aromatic rings. The molecule has 5 heteroatoms. The number of rotatable bonds is 3. The smallest absolute Gasteiger partial charge is 0.266 e. The number of hydrogen-bond acceptors (Lipinski definition) is 3. The normalized spacial score (nSPS) is 18.0. The van der Waals surface area contributed by atoms with Gasteiger partial charge in [-0.2, -0.15) is 10.1 Å². The van der Waals surface area contributed by atoms with Gasteiger partial charge < -0.3 is 0 Å². The summed E-state index contributed by atoms with van der Waals surface area (Å²) in [6.45, 7) is 1.88. The maximum Gasteiger partial charge on any atom is 0.266 e. The molecule has 2 aromatic carbocycles. The molecular weight excluding hydrogens is 304 g/mol. The van der Waals surface area contributed by atoms with E-state index in [0.29, 0.717) is 5.02 Å². The van der Waals surface area contributed by atoms with E-state index in [4.69, 9.17) is 11.6 Å². The summed E-state index contributed by atoms with van der Waals surface area (Å²) in [4.78, 5) is 13.6. The molecule has 106 valence electrons. The van der Waals surface area contributed by atoms with Gasteiger partial charge in [-0.05, 0) is 43.3 Å². The van der Waals surface area contributed by atoms with E-state index < -0.39 is 0 Å². The topological polar surface area (TPSA) is 32.7 Å². The first-order chi connectivity index (χ1) is 10.1. The summed E-state index contributed by atoms with van der Waals surface area (Å²) in [5, 5.41) is 6.27. The lowest BCUT2D eigenvalue weighted by atomic mass is 10.3. The van der Waals surface area contributed by atoms with Gasteiger partial charge in [-0.3, -0.25) is 4.79 Å². The Kier molecular flexibility index (Phi) is 3.99. The van der Waals surface area contributed by atoms with E-state index in [1.165, 1.54) is 16.8 Å². The molecule has 0 spiro atoms. The molecule has 0 unspecified atom stereocenters. The molecule has 0 N–H and O–H groups in total. The number of halogens is 1. The minimum Gasteiger partial charge on any atom is -0.271 e. The SMILES string of the molecule is CC1=NN(c2ccccc2)C(=O)[C@H]1Sc1ccc(Cl)cc1. The Balaban J connectivity index is 1.81. The minimum atomic E-state index is -0.286. The molecular formula is C16H13ClN2OS. The number of hydrazone groups is 1. The monoisotopic (exact) mass is 316 g/mol. The lowest BCUT2D eigenvalue weighted by Gasteiger charge is -2.14. The van der Waals surface area contributed by atoms with Crippen LogP contribution in [0.5, 0.6) is 0 Å². The first kappa shape index (κ1) is 14.2. The highest BCUT2D eigenvalue weighted by molar-refractivity contribution is 8.01. The second-order valence-corrected chi connectivity index (χ2v) is 6.29. The molecule has 1 amide bonds. The summed E-state index contributed by atoms with van der Waals surface area (Å²) in [7, 11) is 0. The third kappa shape index (κ3) is 2.96. The maximum atomic E-state index is 12.6. The summed E-state index contributed by atoms with van der Waals surface area (Å²) in [5.74, 6) is -0.0151. The van der Waals surface area contributed by atoms with Gasteiger partial charge in [0.25, 0.3) is 5.91 Å². The number of nitrogens with zero attached hydrogens (tertiary/aromatic N) is 2. The van der Waals surface area contributed by atoms with E-state index in [0.717, 1.165) is 16.3 Å². The summed E-state index contributed by atoms with van der Waals surface area (Å²) in [6.07, 6.45) is 0. The Labute approximate surface area is 132 Å². The van der Waals surface area contributed by atoms with E-state index in [2.05, 4.69) is 5.10 Å². The molecule has 1 aliphatic heterocycles. The van der Waals surface area contributed by atoms with Crippen molar-refractivity contribution < 1.29 is 4.79 Å². The molecule has 0 saturated carbocycles. The van der Waals surface area contributed by atoms with E-state index in [1.807, 2.05) is 61.5 Å². The Morgan fingerprint density at radius 1 is 1.10 bits per heavy atom. The standard InChI is InChI=1S/C16H13ClN2OS/c1-11-15(21-14-9-7-12(17)8-10-14)16(20)19(18-11)13-5-3-2-4-6-13/h2-10,15H,1H3/t15-/m0/s1. The summed E-state index contributed by atoms with van der Waals surface area (Å²) in [5.41, 5.74) is 1.60. The van der Waals surface area contributed by atoms with Crippen molar-refractivity contribution in [3.63, 3.8) is 0 Å². The first-order valence-electron chi connectivity index (χ1n) is 6.51. The molecule has 0 bridgehead atoms. The van der Waals surface area contributed by atoms with Crippen LogP contribution in [-0.4, -0.2) is 16.9 Å². The van der Waals surface area contributed by atoms with Crippen LogP contribution >= 0.6 is 23.4 Å². The van der Waals surface area contributed by atoms with Crippen LogP contribution in [0.15, 0.2) is 64.6 Å². The number of amides is 1. The van der Waals surface area contributed by atoms with Gasteiger partial charge >= 0.3 is 0 Å². The molecule has 1 heterocycles. The molecule has 3 nitrogen and oxygen atoms in total. The molecule has 1 aliphatic rings. The van der Waals surface area contributed by atoms with Crippen molar-refractivity contribution in [2.24, 2.45) is 5.10 Å². The van der Waals surface area contributed by atoms with Gasteiger partial charge in [0, 0.05) is 9.92 Å². The Morgan fingerprint density at radius 3 is 2.43 bits per heavy atom. The summed E-state index contributed by atoms with van der Waals surface area (Å²) >= 11 is 7.37. The quantitative estimate of drug-likeness (QED) is 0.849. The predicted molar refractivity (Wildman–Crippen MR) is 88.1 cm³/mol. The second-order valence-electron chi connectivity index (χ2n) is 4.68. The first-order valence-corrected chi connectivity index (χ1v) is 7.77. The number of carbonyl (C=O) groups excluding carboxylic acids is 1. The van der Waals surface area contributed by atoms with Gasteiger partial charge in [0.1, 0.15) is 5.25 Å². The molecule has 0 fully saturated rings. The van der Waals surface area contributed by atoms with E-state index in [-0.39, 0.29) is 11.2 Å². The van der Waals surface area contributed by atoms with E-state index in [1.54, 1.807) is 0 Å². The van der Waals surface area contributed by atoms with Crippen LogP contribution in [0.2, 0.25) is 5.02 Å². The zero-order valence-corrected chi connectivity index (χ0v) is 12.9. The van der Waals surface area contributed by atoms with Gasteiger partial charge in [-0.15, -0.1) is 11.8 Å². The van der Waals surface area contributed by atoms with Crippen molar-refractivity contribution in [2.45, 2.75) is 17.1 Å². The van der Waals surface area contributed by atoms with Gasteiger partial charge in [-0.1, -0.05) is 29.8 Å². The zero-order valence-electron chi connectivity index (χ0n) is 11.4. The fraction of sp³-hybridized carbons (Fsp3) is 0.125. The van der Waals surface area contributed by atoms with Gasteiger partial charge in [0.15, 0.2) is 0 Å². The van der Waals surface area contributed by atoms with Crippen molar-refractivity contribution in [1.29, 1.82) is 0 Å². The molecule has 0 saturated heterocycles. The minimum absolute atomic E-state index is 0.0151. The number of carbonyl (C=O) groups is 1. The largest absolute Gasteiger partial charge is 0.271 e. The fourth-order valence-electron chi connectivity index (χ4n) is 2.09. The lowest BCUT2D eigenvalue weighted by Crippen LogP contribution is -2.28. The zero-order chi connectivity index (χ0) is 14.8. The van der Waals surface area contributed by atoms with E-state index >= 15 is 0 Å². The van der Waals surface area contributed by atoms with Crippen molar-refractivity contribution in [3.8, 4) is 0 Å². The van der Waals surface area contributed by atoms with E-state index in [9.17, 15) is 4.79 Å². The van der Waals surface area contributed by atoms with Crippen molar-refractivity contribution in [3.05, 3.63) is 59.6 Å². The summed E-state index contributed by atoms with van der Waals surface area (Å²) < 4.78 is 0. The molecule has 1 atom stereocenters. The summed E-state index contributed by atoms with van der Waals surface area (Å²) in [6, 6.07) is 16.9. The van der Waals surface area contributed by atoms with Crippen LogP contribution in [0.3, 0.4) is 0 Å². The average Bonchev–Trinajstić information content (AvgIpc) is 2.78. The van der Waals surface area contributed by atoms with Crippen molar-refractivity contribution in [1.82, 2.24) is 0 Å².